The fourth-order valence-electron chi connectivity index (χ4n) is 3.84. The highest BCUT2D eigenvalue weighted by molar-refractivity contribution is 6.30. The molecule has 0 radical (unpaired) electrons. The van der Waals surface area contributed by atoms with E-state index in [9.17, 15) is 9.59 Å². The Kier molecular flexibility index (Phi) is 7.02. The molecule has 4 aromatic rings. The number of hydrogen-bond donors (Lipinski definition) is 1. The predicted octanol–water partition coefficient (Wildman–Crippen LogP) is 2.61. The molecule has 0 spiro atoms. The highest BCUT2D eigenvalue weighted by Crippen LogP contribution is 2.37. The summed E-state index contributed by atoms with van der Waals surface area (Å²) < 4.78 is 20.1. The summed E-state index contributed by atoms with van der Waals surface area (Å²) >= 11 is 6.16. The van der Waals surface area contributed by atoms with Crippen molar-refractivity contribution in [2.75, 3.05) is 26.8 Å². The van der Waals surface area contributed by atoms with Crippen LogP contribution in [0.5, 0.6) is 17.2 Å². The van der Waals surface area contributed by atoms with Gasteiger partial charge in [-0.25, -0.2) is 10.2 Å². The maximum atomic E-state index is 13.0. The Hall–Kier alpha value is -4.25. The maximum Gasteiger partial charge on any atom is 0.332 e. The summed E-state index contributed by atoms with van der Waals surface area (Å²) in [4.78, 5) is 30.0. The van der Waals surface area contributed by atoms with Gasteiger partial charge in [0.2, 0.25) is 11.7 Å². The van der Waals surface area contributed by atoms with E-state index in [0.717, 1.165) is 10.1 Å². The van der Waals surface area contributed by atoms with Gasteiger partial charge in [-0.05, 0) is 29.8 Å². The van der Waals surface area contributed by atoms with E-state index in [1.54, 1.807) is 42.1 Å². The molecule has 0 aliphatic carbocycles. The Bertz CT molecular complexity index is 1560. The SMILES string of the molecule is COc1cc(/C=N/Nc2nc3c(c(=O)n(C)c(=O)n3C)n2Cc2cccc(Cl)c2)cc(OC)c1OC. The molecule has 0 saturated carbocycles. The first-order valence-corrected chi connectivity index (χ1v) is 11.2. The molecule has 0 aliphatic rings. The van der Waals surface area contributed by atoms with Crippen molar-refractivity contribution in [3.05, 3.63) is 73.4 Å². The number of nitrogens with zero attached hydrogens (tertiary/aromatic N) is 5. The summed E-state index contributed by atoms with van der Waals surface area (Å²) in [6, 6.07) is 10.7. The van der Waals surface area contributed by atoms with Gasteiger partial charge in [0.15, 0.2) is 22.7 Å². The lowest BCUT2D eigenvalue weighted by Crippen LogP contribution is -2.37. The third-order valence-corrected chi connectivity index (χ3v) is 5.88. The Labute approximate surface area is 211 Å². The average Bonchev–Trinajstić information content (AvgIpc) is 3.23. The summed E-state index contributed by atoms with van der Waals surface area (Å²) in [7, 11) is 7.57. The number of methoxy groups -OCH3 is 3. The van der Waals surface area contributed by atoms with Crippen molar-refractivity contribution >= 4 is 34.9 Å². The van der Waals surface area contributed by atoms with E-state index < -0.39 is 11.2 Å². The van der Waals surface area contributed by atoms with Crippen LogP contribution in [-0.2, 0) is 20.6 Å². The number of hydrogen-bond acceptors (Lipinski definition) is 8. The van der Waals surface area contributed by atoms with E-state index in [2.05, 4.69) is 15.5 Å². The fourth-order valence-corrected chi connectivity index (χ4v) is 4.06. The number of benzene rings is 2. The normalized spacial score (nSPS) is 11.3. The first kappa shape index (κ1) is 24.9. The molecule has 2 aromatic carbocycles. The van der Waals surface area contributed by atoms with Crippen LogP contribution >= 0.6 is 11.6 Å². The minimum Gasteiger partial charge on any atom is -0.493 e. The predicted molar refractivity (Wildman–Crippen MR) is 138 cm³/mol. The molecule has 36 heavy (non-hydrogen) atoms. The lowest BCUT2D eigenvalue weighted by molar-refractivity contribution is 0.324. The molecule has 0 aliphatic heterocycles. The summed E-state index contributed by atoms with van der Waals surface area (Å²) in [6.45, 7) is 0.270. The summed E-state index contributed by atoms with van der Waals surface area (Å²) in [5.74, 6) is 1.69. The lowest BCUT2D eigenvalue weighted by Gasteiger charge is -2.12. The smallest absolute Gasteiger partial charge is 0.332 e. The number of aromatic nitrogens is 4. The average molecular weight is 513 g/mol. The second kappa shape index (κ2) is 10.2. The number of hydrazone groups is 1. The van der Waals surface area contributed by atoms with Crippen LogP contribution in [0.3, 0.4) is 0 Å². The van der Waals surface area contributed by atoms with Gasteiger partial charge in [-0.15, -0.1) is 0 Å². The van der Waals surface area contributed by atoms with Gasteiger partial charge in [0.1, 0.15) is 0 Å². The largest absolute Gasteiger partial charge is 0.493 e. The van der Waals surface area contributed by atoms with Crippen molar-refractivity contribution in [3.63, 3.8) is 0 Å². The zero-order valence-electron chi connectivity index (χ0n) is 20.4. The molecule has 11 nitrogen and oxygen atoms in total. The van der Waals surface area contributed by atoms with E-state index in [1.165, 1.54) is 32.9 Å². The number of ether oxygens (including phenoxy) is 3. The van der Waals surface area contributed by atoms with Crippen molar-refractivity contribution in [1.29, 1.82) is 0 Å². The Morgan fingerprint density at radius 1 is 1.03 bits per heavy atom. The number of halogens is 1. The fraction of sp³-hybridized carbons (Fsp3) is 0.250. The molecular weight excluding hydrogens is 488 g/mol. The molecule has 4 rings (SSSR count). The van der Waals surface area contributed by atoms with Crippen molar-refractivity contribution in [2.24, 2.45) is 19.2 Å². The topological polar surface area (TPSA) is 114 Å². The highest BCUT2D eigenvalue weighted by atomic mass is 35.5. The Balaban J connectivity index is 1.79. The monoisotopic (exact) mass is 512 g/mol. The van der Waals surface area contributed by atoms with Gasteiger partial charge in [-0.2, -0.15) is 10.1 Å². The quantitative estimate of drug-likeness (QED) is 0.285. The van der Waals surface area contributed by atoms with Gasteiger partial charge in [0.05, 0.1) is 34.1 Å². The van der Waals surface area contributed by atoms with E-state index in [1.807, 2.05) is 12.1 Å². The molecule has 0 amide bonds. The minimum atomic E-state index is -0.479. The minimum absolute atomic E-state index is 0.232. The second-order valence-corrected chi connectivity index (χ2v) is 8.29. The number of anilines is 1. The maximum absolute atomic E-state index is 13.0. The van der Waals surface area contributed by atoms with Crippen LogP contribution in [0.2, 0.25) is 5.02 Å². The standard InChI is InChI=1S/C24H25ClN6O5/c1-29-21-19(22(32)30(2)24(29)33)31(13-14-7-6-8-16(25)9-14)23(27-21)28-26-12-15-10-17(34-3)20(36-5)18(11-15)35-4/h6-12H,13H2,1-5H3,(H,27,28)/b26-12+. The second-order valence-electron chi connectivity index (χ2n) is 7.86. The third kappa shape index (κ3) is 4.52. The molecule has 12 heteroatoms. The number of rotatable bonds is 8. The van der Waals surface area contributed by atoms with Gasteiger partial charge in [-0.1, -0.05) is 23.7 Å². The van der Waals surface area contributed by atoms with Crippen LogP contribution < -0.4 is 30.9 Å². The zero-order chi connectivity index (χ0) is 26.0. The molecule has 0 unspecified atom stereocenters. The first-order chi connectivity index (χ1) is 17.3. The summed E-state index contributed by atoms with van der Waals surface area (Å²) in [5, 5.41) is 4.87. The van der Waals surface area contributed by atoms with Crippen molar-refractivity contribution in [2.45, 2.75) is 6.54 Å². The molecule has 0 atom stereocenters. The molecule has 0 bridgehead atoms. The van der Waals surface area contributed by atoms with E-state index in [-0.39, 0.29) is 23.7 Å². The summed E-state index contributed by atoms with van der Waals surface area (Å²) in [6.07, 6.45) is 1.55. The first-order valence-electron chi connectivity index (χ1n) is 10.8. The van der Waals surface area contributed by atoms with Crippen LogP contribution in [0.15, 0.2) is 51.1 Å². The summed E-state index contributed by atoms with van der Waals surface area (Å²) in [5.41, 5.74) is 3.94. The molecule has 0 saturated heterocycles. The van der Waals surface area contributed by atoms with E-state index >= 15 is 0 Å². The van der Waals surface area contributed by atoms with Crippen LogP contribution in [0, 0.1) is 0 Å². The Morgan fingerprint density at radius 3 is 2.33 bits per heavy atom. The molecule has 1 N–H and O–H groups in total. The molecule has 2 aromatic heterocycles. The van der Waals surface area contributed by atoms with Crippen LogP contribution in [0.25, 0.3) is 11.2 Å². The van der Waals surface area contributed by atoms with Crippen molar-refractivity contribution in [1.82, 2.24) is 18.7 Å². The van der Waals surface area contributed by atoms with Gasteiger partial charge in [0.25, 0.3) is 5.56 Å². The molecule has 2 heterocycles. The molecule has 0 fully saturated rings. The van der Waals surface area contributed by atoms with Crippen LogP contribution in [-0.4, -0.2) is 46.2 Å². The zero-order valence-corrected chi connectivity index (χ0v) is 21.2. The van der Waals surface area contributed by atoms with Crippen LogP contribution in [0.1, 0.15) is 11.1 Å². The van der Waals surface area contributed by atoms with Crippen molar-refractivity contribution < 1.29 is 14.2 Å². The van der Waals surface area contributed by atoms with Gasteiger partial charge in [-0.3, -0.25) is 18.5 Å². The third-order valence-electron chi connectivity index (χ3n) is 5.64. The number of aryl methyl sites for hydroxylation is 1. The van der Waals surface area contributed by atoms with Crippen LogP contribution in [0.4, 0.5) is 5.95 Å². The molecular formula is C24H25ClN6O5. The number of fused-ring (bicyclic) bond motifs is 1. The van der Waals surface area contributed by atoms with Crippen molar-refractivity contribution in [3.8, 4) is 17.2 Å². The van der Waals surface area contributed by atoms with E-state index in [0.29, 0.717) is 27.8 Å². The Morgan fingerprint density at radius 2 is 1.72 bits per heavy atom. The number of imidazole rings is 1. The lowest BCUT2D eigenvalue weighted by atomic mass is 10.2. The van der Waals surface area contributed by atoms with Gasteiger partial charge < -0.3 is 14.2 Å². The van der Waals surface area contributed by atoms with Gasteiger partial charge in [0, 0.05) is 24.7 Å². The highest BCUT2D eigenvalue weighted by Gasteiger charge is 2.19. The van der Waals surface area contributed by atoms with E-state index in [4.69, 9.17) is 25.8 Å². The number of nitrogens with one attached hydrogen (secondary N) is 1. The molecule has 188 valence electrons. The van der Waals surface area contributed by atoms with Gasteiger partial charge >= 0.3 is 5.69 Å².